The summed E-state index contributed by atoms with van der Waals surface area (Å²) in [6.07, 6.45) is -2.84. The average molecular weight is 631 g/mol. The lowest BCUT2D eigenvalue weighted by Crippen LogP contribution is -2.61. The van der Waals surface area contributed by atoms with Crippen molar-refractivity contribution in [2.75, 3.05) is 6.61 Å². The van der Waals surface area contributed by atoms with E-state index in [-0.39, 0.29) is 6.61 Å². The Kier molecular flexibility index (Phi) is 12.3. The maximum atomic E-state index is 6.78. The first-order chi connectivity index (χ1) is 23.3. The molecule has 47 heavy (non-hydrogen) atoms. The minimum atomic E-state index is -0.735. The summed E-state index contributed by atoms with van der Waals surface area (Å²) < 4.78 is 39.7. The smallest absolute Gasteiger partial charge is 0.187 e. The minimum absolute atomic E-state index is 0.288. The van der Waals surface area contributed by atoms with Crippen molar-refractivity contribution in [3.63, 3.8) is 0 Å². The first-order valence-electron chi connectivity index (χ1n) is 16.2. The van der Waals surface area contributed by atoms with Crippen molar-refractivity contribution < 1.29 is 28.4 Å². The van der Waals surface area contributed by atoms with Crippen LogP contribution in [-0.2, 0) is 61.5 Å². The molecule has 6 nitrogen and oxygen atoms in total. The van der Waals surface area contributed by atoms with Crippen LogP contribution < -0.4 is 0 Å². The monoisotopic (exact) mass is 630 g/mol. The highest BCUT2D eigenvalue weighted by Crippen LogP contribution is 2.32. The maximum Gasteiger partial charge on any atom is 0.187 e. The van der Waals surface area contributed by atoms with Crippen molar-refractivity contribution in [3.8, 4) is 0 Å². The molecule has 5 aromatic carbocycles. The van der Waals surface area contributed by atoms with Crippen LogP contribution in [0.25, 0.3) is 0 Å². The molecule has 0 saturated carbocycles. The Bertz CT molecular complexity index is 1550. The summed E-state index contributed by atoms with van der Waals surface area (Å²) >= 11 is 0. The molecule has 1 saturated heterocycles. The molecule has 6 rings (SSSR count). The Labute approximate surface area is 277 Å². The molecule has 0 radical (unpaired) electrons. The maximum absolute atomic E-state index is 6.78. The van der Waals surface area contributed by atoms with Gasteiger partial charge in [-0.3, -0.25) is 0 Å². The van der Waals surface area contributed by atoms with Gasteiger partial charge in [-0.15, -0.1) is 0 Å². The Balaban J connectivity index is 1.29. The highest BCUT2D eigenvalue weighted by atomic mass is 16.7. The predicted molar refractivity (Wildman–Crippen MR) is 181 cm³/mol. The summed E-state index contributed by atoms with van der Waals surface area (Å²) in [6, 6.07) is 50.6. The molecule has 1 heterocycles. The van der Waals surface area contributed by atoms with Crippen molar-refractivity contribution in [2.24, 2.45) is 0 Å². The van der Waals surface area contributed by atoms with Gasteiger partial charge in [0.25, 0.3) is 0 Å². The van der Waals surface area contributed by atoms with E-state index in [9.17, 15) is 0 Å². The Morgan fingerprint density at radius 2 is 0.702 bits per heavy atom. The van der Waals surface area contributed by atoms with Gasteiger partial charge in [0.2, 0.25) is 0 Å². The third-order valence-electron chi connectivity index (χ3n) is 8.10. The van der Waals surface area contributed by atoms with Crippen molar-refractivity contribution in [1.82, 2.24) is 0 Å². The molecular formula is C41H42O6. The highest BCUT2D eigenvalue weighted by Gasteiger charge is 2.49. The zero-order chi connectivity index (χ0) is 31.9. The predicted octanol–water partition coefficient (Wildman–Crippen LogP) is 7.90. The molecule has 1 fully saturated rings. The van der Waals surface area contributed by atoms with E-state index in [0.29, 0.717) is 33.0 Å². The molecule has 5 aromatic rings. The summed E-state index contributed by atoms with van der Waals surface area (Å²) in [4.78, 5) is 0. The zero-order valence-corrected chi connectivity index (χ0v) is 26.5. The third kappa shape index (κ3) is 9.92. The molecule has 0 aromatic heterocycles. The first-order valence-corrected chi connectivity index (χ1v) is 16.2. The van der Waals surface area contributed by atoms with Gasteiger partial charge in [0.15, 0.2) is 6.29 Å². The molecule has 242 valence electrons. The Hall–Kier alpha value is -4.14. The van der Waals surface area contributed by atoms with Gasteiger partial charge in [-0.1, -0.05) is 152 Å². The molecule has 0 N–H and O–H groups in total. The van der Waals surface area contributed by atoms with E-state index in [1.54, 1.807) is 0 Å². The summed E-state index contributed by atoms with van der Waals surface area (Å²) in [6.45, 7) is 2.23. The van der Waals surface area contributed by atoms with Crippen molar-refractivity contribution in [3.05, 3.63) is 179 Å². The standard InChI is InChI=1S/C41H42O6/c1-6-16-32(17-7-1)26-42-31-37-38(43-27-33-18-8-2-9-19-33)39(44-28-34-20-10-3-11-21-34)40(45-29-35-22-12-4-13-23-35)41(47-37)46-30-36-24-14-5-15-25-36/h1-25,37-41H,26-31H2/t37?,38-,39?,40?,41-/m1/s1. The van der Waals surface area contributed by atoms with Crippen molar-refractivity contribution in [2.45, 2.75) is 63.7 Å². The molecule has 1 aliphatic heterocycles. The largest absolute Gasteiger partial charge is 0.374 e. The van der Waals surface area contributed by atoms with Crippen LogP contribution in [0.15, 0.2) is 152 Å². The lowest BCUT2D eigenvalue weighted by molar-refractivity contribution is -0.330. The molecule has 1 aliphatic rings. The molecule has 5 atom stereocenters. The van der Waals surface area contributed by atoms with Gasteiger partial charge < -0.3 is 28.4 Å². The van der Waals surface area contributed by atoms with E-state index in [1.165, 1.54) is 0 Å². The van der Waals surface area contributed by atoms with Gasteiger partial charge >= 0.3 is 0 Å². The van der Waals surface area contributed by atoms with Crippen LogP contribution in [-0.4, -0.2) is 37.3 Å². The minimum Gasteiger partial charge on any atom is -0.374 e. The molecule has 6 heteroatoms. The summed E-state index contributed by atoms with van der Waals surface area (Å²) in [5.74, 6) is 0. The van der Waals surface area contributed by atoms with Crippen LogP contribution in [0.4, 0.5) is 0 Å². The number of hydrogen-bond donors (Lipinski definition) is 0. The second kappa shape index (κ2) is 17.7. The van der Waals surface area contributed by atoms with Crippen LogP contribution in [0.5, 0.6) is 0 Å². The number of benzene rings is 5. The number of rotatable bonds is 16. The highest BCUT2D eigenvalue weighted by molar-refractivity contribution is 5.17. The van der Waals surface area contributed by atoms with Gasteiger partial charge in [-0.05, 0) is 27.8 Å². The fraction of sp³-hybridized carbons (Fsp3) is 0.268. The molecule has 3 unspecified atom stereocenters. The van der Waals surface area contributed by atoms with Gasteiger partial charge in [0.1, 0.15) is 24.4 Å². The summed E-state index contributed by atoms with van der Waals surface area (Å²) in [5.41, 5.74) is 5.29. The molecule has 0 spiro atoms. The zero-order valence-electron chi connectivity index (χ0n) is 26.5. The summed E-state index contributed by atoms with van der Waals surface area (Å²) in [5, 5.41) is 0. The quantitative estimate of drug-likeness (QED) is 0.111. The van der Waals surface area contributed by atoms with Gasteiger partial charge in [0.05, 0.1) is 39.6 Å². The molecule has 0 amide bonds. The van der Waals surface area contributed by atoms with Crippen LogP contribution in [0.3, 0.4) is 0 Å². The number of hydrogen-bond acceptors (Lipinski definition) is 6. The average Bonchev–Trinajstić information content (AvgIpc) is 3.14. The fourth-order valence-corrected chi connectivity index (χ4v) is 5.63. The van der Waals surface area contributed by atoms with Crippen LogP contribution >= 0.6 is 0 Å². The number of ether oxygens (including phenoxy) is 6. The lowest BCUT2D eigenvalue weighted by atomic mass is 9.97. The van der Waals surface area contributed by atoms with Crippen molar-refractivity contribution >= 4 is 0 Å². The molecule has 0 bridgehead atoms. The van der Waals surface area contributed by atoms with Gasteiger partial charge in [-0.25, -0.2) is 0 Å². The second-order valence-corrected chi connectivity index (χ2v) is 11.6. The normalized spacial score (nSPS) is 21.0. The molecule has 0 aliphatic carbocycles. The van der Waals surface area contributed by atoms with E-state index in [1.807, 2.05) is 115 Å². The van der Waals surface area contributed by atoms with E-state index in [4.69, 9.17) is 28.4 Å². The van der Waals surface area contributed by atoms with Crippen LogP contribution in [0.1, 0.15) is 27.8 Å². The third-order valence-corrected chi connectivity index (χ3v) is 8.10. The first kappa shape index (κ1) is 32.8. The van der Waals surface area contributed by atoms with E-state index >= 15 is 0 Å². The van der Waals surface area contributed by atoms with Crippen molar-refractivity contribution in [1.29, 1.82) is 0 Å². The topological polar surface area (TPSA) is 55.4 Å². The second-order valence-electron chi connectivity index (χ2n) is 11.6. The Morgan fingerprint density at radius 1 is 0.362 bits per heavy atom. The van der Waals surface area contributed by atoms with Gasteiger partial charge in [-0.2, -0.15) is 0 Å². The van der Waals surface area contributed by atoms with E-state index in [2.05, 4.69) is 36.4 Å². The fourth-order valence-electron chi connectivity index (χ4n) is 5.63. The molecular weight excluding hydrogens is 588 g/mol. The van der Waals surface area contributed by atoms with Gasteiger partial charge in [0, 0.05) is 0 Å². The van der Waals surface area contributed by atoms with E-state index < -0.39 is 30.7 Å². The van der Waals surface area contributed by atoms with E-state index in [0.717, 1.165) is 27.8 Å². The lowest BCUT2D eigenvalue weighted by Gasteiger charge is -2.46. The van der Waals surface area contributed by atoms with Crippen LogP contribution in [0.2, 0.25) is 0 Å². The Morgan fingerprint density at radius 3 is 1.13 bits per heavy atom. The SMILES string of the molecule is c1ccc(COCC2O[C@@H](OCc3ccccc3)C(OCc3ccccc3)C(OCc3ccccc3)[C@@H]2OCc2ccccc2)cc1. The van der Waals surface area contributed by atoms with Crippen LogP contribution in [0, 0.1) is 0 Å². The summed E-state index contributed by atoms with van der Waals surface area (Å²) in [7, 11) is 0.